The van der Waals surface area contributed by atoms with E-state index in [0.717, 1.165) is 57.8 Å². The summed E-state index contributed by atoms with van der Waals surface area (Å²) >= 11 is 0. The van der Waals surface area contributed by atoms with Gasteiger partial charge >= 0.3 is 11.9 Å². The summed E-state index contributed by atoms with van der Waals surface area (Å²) in [7, 11) is 0. The Balaban J connectivity index is 1.89. The first-order valence-electron chi connectivity index (χ1n) is 21.7. The van der Waals surface area contributed by atoms with Crippen molar-refractivity contribution in [2.75, 3.05) is 26.4 Å². The first-order chi connectivity index (χ1) is 28.5. The van der Waals surface area contributed by atoms with Crippen molar-refractivity contribution < 1.29 is 73.8 Å². The molecule has 2 heterocycles. The minimum absolute atomic E-state index is 0.112. The Morgan fingerprint density at radius 3 is 1.68 bits per heavy atom. The summed E-state index contributed by atoms with van der Waals surface area (Å²) in [4.78, 5) is 25.5. The van der Waals surface area contributed by atoms with Gasteiger partial charge in [-0.25, -0.2) is 0 Å². The fourth-order valence-corrected chi connectivity index (χ4v) is 6.44. The van der Waals surface area contributed by atoms with Crippen LogP contribution in [0.5, 0.6) is 0 Å². The van der Waals surface area contributed by atoms with Gasteiger partial charge < -0.3 is 64.2 Å². The molecule has 4 unspecified atom stereocenters. The van der Waals surface area contributed by atoms with Crippen LogP contribution in [0.1, 0.15) is 123 Å². The highest BCUT2D eigenvalue weighted by atomic mass is 16.7. The normalized spacial score (nSPS) is 28.3. The molecule has 0 aromatic heterocycles. The van der Waals surface area contributed by atoms with Gasteiger partial charge in [0.1, 0.15) is 55.4 Å². The standard InChI is InChI=1S/C44H74O15/c1-3-5-7-9-11-13-14-15-16-17-18-19-21-23-25-27-36(47)57-32(29-54-35(46)26-24-22-20-12-10-8-6-4-2)30-55-43-42(53)40(51)38(49)34(59-43)31-56-44-41(52)39(50)37(48)33(28-45)58-44/h5,7,11,13,15-16,18-19,32-34,37-45,48-53H,3-4,6,8-10,12,14,17,20-31H2,1-2H3/b7-5+,13-11+,16-15+,19-18+/t32-,33-,34-,37+,38+,39?,40?,41?,42?,43-,44-/m1/s1. The topological polar surface area (TPSA) is 231 Å². The molecular formula is C44H74O15. The van der Waals surface area contributed by atoms with Gasteiger partial charge in [0, 0.05) is 12.8 Å². The van der Waals surface area contributed by atoms with Crippen LogP contribution in [0.3, 0.4) is 0 Å². The van der Waals surface area contributed by atoms with E-state index in [4.69, 9.17) is 28.4 Å². The van der Waals surface area contributed by atoms with Gasteiger partial charge in [-0.15, -0.1) is 0 Å². The molecule has 0 radical (unpaired) electrons. The molecule has 0 saturated carbocycles. The number of esters is 2. The summed E-state index contributed by atoms with van der Waals surface area (Å²) < 4.78 is 33.3. The van der Waals surface area contributed by atoms with Crippen LogP contribution in [0.2, 0.25) is 0 Å². The molecule has 2 aliphatic rings. The number of carbonyl (C=O) groups is 2. The first-order valence-corrected chi connectivity index (χ1v) is 21.7. The van der Waals surface area contributed by atoms with Crippen molar-refractivity contribution in [3.63, 3.8) is 0 Å². The van der Waals surface area contributed by atoms with Crippen molar-refractivity contribution in [3.05, 3.63) is 48.6 Å². The Morgan fingerprint density at radius 2 is 1.07 bits per heavy atom. The van der Waals surface area contributed by atoms with E-state index >= 15 is 0 Å². The highest BCUT2D eigenvalue weighted by Crippen LogP contribution is 2.26. The molecule has 7 N–H and O–H groups in total. The Labute approximate surface area is 350 Å². The van der Waals surface area contributed by atoms with Gasteiger partial charge in [0.15, 0.2) is 18.7 Å². The molecule has 0 amide bonds. The minimum Gasteiger partial charge on any atom is -0.462 e. The summed E-state index contributed by atoms with van der Waals surface area (Å²) in [5.41, 5.74) is 0. The van der Waals surface area contributed by atoms with Crippen molar-refractivity contribution in [1.29, 1.82) is 0 Å². The fraction of sp³-hybridized carbons (Fsp3) is 0.773. The maximum Gasteiger partial charge on any atom is 0.306 e. The average molecular weight is 843 g/mol. The van der Waals surface area contributed by atoms with Gasteiger partial charge in [-0.1, -0.05) is 107 Å². The van der Waals surface area contributed by atoms with E-state index in [1.54, 1.807) is 0 Å². The summed E-state index contributed by atoms with van der Waals surface area (Å²) in [6, 6.07) is 0. The molecule has 2 rings (SSSR count). The zero-order valence-electron chi connectivity index (χ0n) is 35.2. The molecule has 0 bridgehead atoms. The average Bonchev–Trinajstić information content (AvgIpc) is 3.23. The number of allylic oxidation sites excluding steroid dienone is 8. The molecule has 15 heteroatoms. The Morgan fingerprint density at radius 1 is 0.559 bits per heavy atom. The summed E-state index contributed by atoms with van der Waals surface area (Å²) in [5, 5.41) is 71.7. The van der Waals surface area contributed by atoms with Crippen LogP contribution in [0.15, 0.2) is 48.6 Å². The fourth-order valence-electron chi connectivity index (χ4n) is 6.44. The number of hydrogen-bond acceptors (Lipinski definition) is 15. The zero-order chi connectivity index (χ0) is 43.3. The third kappa shape index (κ3) is 21.7. The van der Waals surface area contributed by atoms with Crippen LogP contribution in [-0.2, 0) is 38.0 Å². The van der Waals surface area contributed by atoms with Crippen LogP contribution in [0.4, 0.5) is 0 Å². The Bertz CT molecular complexity index is 1220. The highest BCUT2D eigenvalue weighted by Gasteiger charge is 2.47. The van der Waals surface area contributed by atoms with E-state index in [-0.39, 0.29) is 19.4 Å². The van der Waals surface area contributed by atoms with E-state index in [0.29, 0.717) is 12.8 Å². The smallest absolute Gasteiger partial charge is 0.306 e. The van der Waals surface area contributed by atoms with Crippen LogP contribution in [0.25, 0.3) is 0 Å². The Hall–Kier alpha value is -2.54. The minimum atomic E-state index is -1.77. The van der Waals surface area contributed by atoms with E-state index in [9.17, 15) is 45.3 Å². The van der Waals surface area contributed by atoms with Gasteiger partial charge in [-0.2, -0.15) is 0 Å². The van der Waals surface area contributed by atoms with Crippen LogP contribution in [-0.4, -0.2) is 142 Å². The van der Waals surface area contributed by atoms with Crippen molar-refractivity contribution in [1.82, 2.24) is 0 Å². The maximum absolute atomic E-state index is 12.9. The summed E-state index contributed by atoms with van der Waals surface area (Å²) in [6.45, 7) is 2.35. The lowest BCUT2D eigenvalue weighted by molar-refractivity contribution is -0.332. The second-order valence-corrected chi connectivity index (χ2v) is 15.1. The molecule has 340 valence electrons. The summed E-state index contributed by atoms with van der Waals surface area (Å²) in [6.07, 6.45) is 14.7. The van der Waals surface area contributed by atoms with Gasteiger partial charge in [-0.05, 0) is 51.4 Å². The van der Waals surface area contributed by atoms with Gasteiger partial charge in [0.25, 0.3) is 0 Å². The maximum atomic E-state index is 12.9. The second kappa shape index (κ2) is 32.2. The number of hydrogen-bond donors (Lipinski definition) is 7. The second-order valence-electron chi connectivity index (χ2n) is 15.1. The predicted molar refractivity (Wildman–Crippen MR) is 220 cm³/mol. The number of unbranched alkanes of at least 4 members (excludes halogenated alkanes) is 9. The zero-order valence-corrected chi connectivity index (χ0v) is 35.2. The quantitative estimate of drug-likeness (QED) is 0.0297. The van der Waals surface area contributed by atoms with Crippen molar-refractivity contribution in [2.24, 2.45) is 0 Å². The molecule has 2 aliphatic heterocycles. The van der Waals surface area contributed by atoms with Crippen molar-refractivity contribution >= 4 is 11.9 Å². The molecule has 0 spiro atoms. The van der Waals surface area contributed by atoms with E-state index in [1.807, 2.05) is 0 Å². The Kier molecular flexibility index (Phi) is 28.7. The molecule has 0 aliphatic carbocycles. The van der Waals surface area contributed by atoms with Crippen LogP contribution in [0, 0.1) is 0 Å². The number of aliphatic hydroxyl groups excluding tert-OH is 7. The lowest BCUT2D eigenvalue weighted by atomic mass is 9.98. The van der Waals surface area contributed by atoms with Gasteiger partial charge in [0.2, 0.25) is 0 Å². The van der Waals surface area contributed by atoms with E-state index in [2.05, 4.69) is 62.5 Å². The van der Waals surface area contributed by atoms with Crippen LogP contribution < -0.4 is 0 Å². The number of carbonyl (C=O) groups excluding carboxylic acids is 2. The SMILES string of the molecule is CC/C=C/C/C=C/C/C=C/C/C=C/CCCCC(=O)O[C@H](COC(=O)CCCCCCCCCC)CO[C@@H]1O[C@H](CO[C@@H]2O[C@H](CO)[C@H](O)C(O)C2O)[C@H](O)C(O)C1O. The largest absolute Gasteiger partial charge is 0.462 e. The number of ether oxygens (including phenoxy) is 6. The van der Waals surface area contributed by atoms with Gasteiger partial charge in [0.05, 0.1) is 19.8 Å². The van der Waals surface area contributed by atoms with Gasteiger partial charge in [-0.3, -0.25) is 9.59 Å². The molecular weight excluding hydrogens is 768 g/mol. The molecule has 59 heavy (non-hydrogen) atoms. The lowest BCUT2D eigenvalue weighted by Crippen LogP contribution is -2.61. The first kappa shape index (κ1) is 52.6. The van der Waals surface area contributed by atoms with Crippen LogP contribution >= 0.6 is 0 Å². The molecule has 2 fully saturated rings. The molecule has 15 nitrogen and oxygen atoms in total. The van der Waals surface area contributed by atoms with E-state index < -0.39 is 99.3 Å². The third-order valence-electron chi connectivity index (χ3n) is 10.1. The van der Waals surface area contributed by atoms with Crippen molar-refractivity contribution in [3.8, 4) is 0 Å². The predicted octanol–water partition coefficient (Wildman–Crippen LogP) is 3.98. The van der Waals surface area contributed by atoms with Crippen molar-refractivity contribution in [2.45, 2.75) is 191 Å². The molecule has 0 aromatic rings. The van der Waals surface area contributed by atoms with E-state index in [1.165, 1.54) is 25.7 Å². The third-order valence-corrected chi connectivity index (χ3v) is 10.1. The number of rotatable bonds is 31. The summed E-state index contributed by atoms with van der Waals surface area (Å²) in [5.74, 6) is -0.984. The molecule has 2 saturated heterocycles. The monoisotopic (exact) mass is 843 g/mol. The number of aliphatic hydroxyl groups is 7. The molecule has 11 atom stereocenters. The lowest BCUT2D eigenvalue weighted by Gasteiger charge is -2.42. The highest BCUT2D eigenvalue weighted by molar-refractivity contribution is 5.70. The molecule has 0 aromatic carbocycles.